The summed E-state index contributed by atoms with van der Waals surface area (Å²) < 4.78 is 31.2. The first-order valence-corrected chi connectivity index (χ1v) is 21.0. The zero-order valence-corrected chi connectivity index (χ0v) is 36.6. The highest BCUT2D eigenvalue weighted by molar-refractivity contribution is 6.00. The summed E-state index contributed by atoms with van der Waals surface area (Å²) in [6.07, 6.45) is 1.23. The monoisotopic (exact) mass is 827 g/mol. The summed E-state index contributed by atoms with van der Waals surface area (Å²) in [7, 11) is 5.23. The molecule has 1 N–H and O–H groups in total. The normalized spacial score (nSPS) is 36.3. The van der Waals surface area contributed by atoms with E-state index in [4.69, 9.17) is 23.7 Å². The number of aryl methyl sites for hydroxylation is 1. The lowest BCUT2D eigenvalue weighted by atomic mass is 9.73. The zero-order chi connectivity index (χ0) is 43.4. The predicted molar refractivity (Wildman–Crippen MR) is 214 cm³/mol. The van der Waals surface area contributed by atoms with Crippen molar-refractivity contribution in [2.24, 2.45) is 23.7 Å². The van der Waals surface area contributed by atoms with Crippen LogP contribution in [0.4, 0.5) is 4.79 Å². The number of amides is 1. The second-order valence-corrected chi connectivity index (χ2v) is 17.4. The van der Waals surface area contributed by atoms with Crippen molar-refractivity contribution in [2.75, 3.05) is 27.7 Å². The lowest BCUT2D eigenvalue weighted by Gasteiger charge is -2.47. The first-order valence-electron chi connectivity index (χ1n) is 21.0. The van der Waals surface area contributed by atoms with Gasteiger partial charge in [0.05, 0.1) is 30.4 Å². The van der Waals surface area contributed by atoms with E-state index in [1.54, 1.807) is 51.9 Å². The number of fused-ring (bicyclic) bond motifs is 1. The summed E-state index contributed by atoms with van der Waals surface area (Å²) in [5, 5.41) is 24.2. The largest absolute Gasteiger partial charge is 0.458 e. The van der Waals surface area contributed by atoms with Crippen LogP contribution in [0.3, 0.4) is 0 Å². The summed E-state index contributed by atoms with van der Waals surface area (Å²) in [6.45, 7) is 14.7. The number of unbranched alkanes of at least 4 members (excludes halogenated alkanes) is 2. The van der Waals surface area contributed by atoms with Crippen LogP contribution < -0.4 is 0 Å². The third-order valence-corrected chi connectivity index (χ3v) is 12.8. The van der Waals surface area contributed by atoms with Gasteiger partial charge in [-0.15, -0.1) is 10.2 Å². The molecule has 3 aliphatic rings. The van der Waals surface area contributed by atoms with Crippen LogP contribution in [0.5, 0.6) is 0 Å². The van der Waals surface area contributed by atoms with Gasteiger partial charge in [0.2, 0.25) is 5.82 Å². The maximum atomic E-state index is 14.7. The van der Waals surface area contributed by atoms with Crippen molar-refractivity contribution in [3.63, 3.8) is 0 Å². The fraction of sp³-hybridized carbons (Fsp3) is 0.762. The van der Waals surface area contributed by atoms with Crippen LogP contribution in [0.15, 0.2) is 24.5 Å². The van der Waals surface area contributed by atoms with Crippen molar-refractivity contribution < 1.29 is 48.0 Å². The van der Waals surface area contributed by atoms with Crippen LogP contribution >= 0.6 is 0 Å². The van der Waals surface area contributed by atoms with E-state index in [1.165, 1.54) is 18.8 Å². The van der Waals surface area contributed by atoms with Crippen molar-refractivity contribution in [3.05, 3.63) is 24.5 Å². The van der Waals surface area contributed by atoms with Crippen LogP contribution in [0, 0.1) is 23.7 Å². The molecule has 5 heterocycles. The van der Waals surface area contributed by atoms with Crippen LogP contribution in [0.1, 0.15) is 93.9 Å². The second kappa shape index (κ2) is 19.2. The lowest BCUT2D eigenvalue weighted by Crippen LogP contribution is -2.60. The average Bonchev–Trinajstić information content (AvgIpc) is 3.79. The molecule has 17 nitrogen and oxygen atoms in total. The molecule has 59 heavy (non-hydrogen) atoms. The van der Waals surface area contributed by atoms with Crippen LogP contribution in [0.2, 0.25) is 0 Å². The number of methoxy groups -OCH3 is 1. The fourth-order valence-corrected chi connectivity index (χ4v) is 9.38. The van der Waals surface area contributed by atoms with Crippen LogP contribution in [0.25, 0.3) is 11.4 Å². The first kappa shape index (κ1) is 46.2. The van der Waals surface area contributed by atoms with Crippen molar-refractivity contribution in [1.29, 1.82) is 0 Å². The average molecular weight is 828 g/mol. The Morgan fingerprint density at radius 2 is 1.64 bits per heavy atom. The number of hydrogen-bond donors (Lipinski definition) is 1. The van der Waals surface area contributed by atoms with Gasteiger partial charge in [-0.05, 0) is 97.7 Å². The van der Waals surface area contributed by atoms with Gasteiger partial charge in [-0.3, -0.25) is 19.4 Å². The number of nitrogens with zero attached hydrogens (tertiary/aromatic N) is 7. The number of ketones is 2. The third kappa shape index (κ3) is 9.85. The molecule has 5 rings (SSSR count). The van der Waals surface area contributed by atoms with E-state index in [9.17, 15) is 24.3 Å². The number of aliphatic hydroxyl groups excluding tert-OH is 1. The maximum absolute atomic E-state index is 14.7. The minimum absolute atomic E-state index is 0.123. The highest BCUT2D eigenvalue weighted by Crippen LogP contribution is 2.43. The van der Waals surface area contributed by atoms with Gasteiger partial charge < -0.3 is 38.6 Å². The topological polar surface area (TPSA) is 198 Å². The predicted octanol–water partition coefficient (Wildman–Crippen LogP) is 4.11. The molecule has 0 spiro atoms. The number of aliphatic hydroxyl groups is 1. The molecule has 328 valence electrons. The molecule has 0 saturated carbocycles. The van der Waals surface area contributed by atoms with Crippen molar-refractivity contribution >= 4 is 23.6 Å². The summed E-state index contributed by atoms with van der Waals surface area (Å²) in [5.41, 5.74) is -1.87. The smallest absolute Gasteiger partial charge is 0.410 e. The standard InChI is InChI=1S/C42H65N7O10/c1-12-31-42(8)35(48(40(54)59-42)20-14-13-15-21-49-45-37(44-46-49)29-16-18-43-19-17-29)26(4)32(50)24(2)23-41(7,55-11)36(27(5)33(51)28(6)38(53)57-31)58-39-34(52)30(47(9)10)22-25(3)56-39/h16-19,24-28,30-31,34-36,39,52H,12-15,20-23H2,1-11H3/t24-,25-,26+,27+,28-,30+,31-,34-,35-,36-,39+,41-,42-/m1/s1. The Balaban J connectivity index is 1.40. The summed E-state index contributed by atoms with van der Waals surface area (Å²) in [6, 6.07) is 2.54. The quantitative estimate of drug-likeness (QED) is 0.182. The maximum Gasteiger partial charge on any atom is 0.410 e. The van der Waals surface area contributed by atoms with Crippen molar-refractivity contribution in [1.82, 2.24) is 35.0 Å². The summed E-state index contributed by atoms with van der Waals surface area (Å²) in [5.74, 6) is -4.49. The number of pyridine rings is 1. The zero-order valence-electron chi connectivity index (χ0n) is 36.6. The number of esters is 1. The van der Waals surface area contributed by atoms with Crippen LogP contribution in [-0.4, -0.2) is 145 Å². The molecule has 3 aliphatic heterocycles. The number of rotatable bonds is 12. The molecule has 3 fully saturated rings. The first-order chi connectivity index (χ1) is 27.9. The van der Waals surface area contributed by atoms with E-state index in [2.05, 4.69) is 20.4 Å². The number of tetrazole rings is 1. The lowest BCUT2D eigenvalue weighted by molar-refractivity contribution is -0.295. The number of hydrogen-bond acceptors (Lipinski definition) is 15. The molecule has 2 aromatic rings. The van der Waals surface area contributed by atoms with Gasteiger partial charge in [0.15, 0.2) is 17.7 Å². The Kier molecular flexibility index (Phi) is 15.0. The summed E-state index contributed by atoms with van der Waals surface area (Å²) in [4.78, 5) is 65.9. The number of carbonyl (C=O) groups is 4. The fourth-order valence-electron chi connectivity index (χ4n) is 9.38. The minimum atomic E-state index is -1.41. The minimum Gasteiger partial charge on any atom is -0.458 e. The van der Waals surface area contributed by atoms with Gasteiger partial charge >= 0.3 is 12.1 Å². The number of carbonyl (C=O) groups excluding carboxylic acids is 4. The number of likely N-dealkylation sites (N-methyl/N-ethyl adjacent to an activating group) is 1. The summed E-state index contributed by atoms with van der Waals surface area (Å²) >= 11 is 0. The molecule has 0 unspecified atom stereocenters. The van der Waals surface area contributed by atoms with Crippen molar-refractivity contribution in [3.8, 4) is 11.4 Å². The molecular weight excluding hydrogens is 763 g/mol. The van der Waals surface area contributed by atoms with Gasteiger partial charge in [0, 0.05) is 55.4 Å². The molecule has 17 heteroatoms. The number of ether oxygens (including phenoxy) is 5. The molecule has 1 amide bonds. The SMILES string of the molecule is CC[C@H]1OC(=O)[C@H](C)C(=O)[C@H](C)[C@@H](O[C@@H]2O[C@H](C)C[C@H](N(C)C)[C@H]2O)[C@](C)(OC)C[C@@H](C)C(=O)[C@H](C)[C@H]2N(CCCCCn3nnc(-c4ccncc4)n3)C(=O)O[C@]12C. The molecule has 0 aliphatic carbocycles. The molecule has 0 radical (unpaired) electrons. The number of aromatic nitrogens is 5. The van der Waals surface area contributed by atoms with Crippen molar-refractivity contribution in [2.45, 2.75) is 154 Å². The highest BCUT2D eigenvalue weighted by Gasteiger charge is 2.60. The highest BCUT2D eigenvalue weighted by atomic mass is 16.7. The second-order valence-electron chi connectivity index (χ2n) is 17.4. The Morgan fingerprint density at radius 1 is 0.966 bits per heavy atom. The number of cyclic esters (lactones) is 1. The third-order valence-electron chi connectivity index (χ3n) is 12.8. The Morgan fingerprint density at radius 3 is 2.29 bits per heavy atom. The molecule has 2 aromatic heterocycles. The van der Waals surface area contributed by atoms with E-state index >= 15 is 0 Å². The Hall–Kier alpha value is -3.90. The molecule has 3 saturated heterocycles. The Bertz CT molecular complexity index is 1760. The van der Waals surface area contributed by atoms with Gasteiger partial charge in [0.25, 0.3) is 0 Å². The molecular formula is C42H65N7O10. The van der Waals surface area contributed by atoms with E-state index in [0.717, 1.165) is 5.56 Å². The molecule has 13 atom stereocenters. The van der Waals surface area contributed by atoms with E-state index in [0.29, 0.717) is 38.1 Å². The van der Waals surface area contributed by atoms with Gasteiger partial charge in [-0.25, -0.2) is 4.79 Å². The van der Waals surface area contributed by atoms with Gasteiger partial charge in [-0.1, -0.05) is 27.7 Å². The van der Waals surface area contributed by atoms with Crippen LogP contribution in [-0.2, 0) is 44.6 Å². The van der Waals surface area contributed by atoms with E-state index < -0.39 is 83.4 Å². The van der Waals surface area contributed by atoms with Gasteiger partial charge in [-0.2, -0.15) is 4.80 Å². The van der Waals surface area contributed by atoms with E-state index in [-0.39, 0.29) is 37.3 Å². The Labute approximate surface area is 347 Å². The molecule has 0 aromatic carbocycles. The molecule has 0 bridgehead atoms. The van der Waals surface area contributed by atoms with Gasteiger partial charge in [0.1, 0.15) is 23.9 Å². The van der Waals surface area contributed by atoms with E-state index in [1.807, 2.05) is 45.0 Å². The number of Topliss-reactive ketones (excluding diaryl/α,β-unsaturated/α-hetero) is 2.